The van der Waals surface area contributed by atoms with Crippen LogP contribution in [0.2, 0.25) is 5.02 Å². The Morgan fingerprint density at radius 1 is 1.19 bits per heavy atom. The van der Waals surface area contributed by atoms with Gasteiger partial charge in [0.1, 0.15) is 5.75 Å². The Labute approximate surface area is 165 Å². The van der Waals surface area contributed by atoms with Gasteiger partial charge in [-0.25, -0.2) is 15.0 Å². The summed E-state index contributed by atoms with van der Waals surface area (Å²) >= 11 is 7.37. The van der Waals surface area contributed by atoms with Crippen molar-refractivity contribution in [1.82, 2.24) is 15.0 Å². The van der Waals surface area contributed by atoms with Gasteiger partial charge in [0.2, 0.25) is 11.9 Å². The summed E-state index contributed by atoms with van der Waals surface area (Å²) in [5.74, 6) is 0.817. The summed E-state index contributed by atoms with van der Waals surface area (Å²) in [4.78, 5) is 25.4. The summed E-state index contributed by atoms with van der Waals surface area (Å²) in [6.45, 7) is 3.81. The van der Waals surface area contributed by atoms with Gasteiger partial charge in [-0.1, -0.05) is 11.6 Å². The zero-order chi connectivity index (χ0) is 19.4. The van der Waals surface area contributed by atoms with E-state index in [1.54, 1.807) is 18.2 Å². The summed E-state index contributed by atoms with van der Waals surface area (Å²) in [5.41, 5.74) is 2.91. The van der Waals surface area contributed by atoms with Gasteiger partial charge in [-0.3, -0.25) is 4.79 Å². The molecule has 1 amide bonds. The Bertz CT molecular complexity index is 956. The molecule has 2 aromatic heterocycles. The lowest BCUT2D eigenvalue weighted by atomic mass is 10.2. The molecule has 0 fully saturated rings. The number of benzene rings is 1. The maximum absolute atomic E-state index is 12.3. The first kappa shape index (κ1) is 19.1. The fourth-order valence-corrected chi connectivity index (χ4v) is 3.34. The van der Waals surface area contributed by atoms with E-state index in [2.05, 4.69) is 25.6 Å². The Hall–Kier alpha value is -2.71. The van der Waals surface area contributed by atoms with Crippen molar-refractivity contribution in [3.8, 4) is 5.75 Å². The molecule has 0 aliphatic heterocycles. The number of hydrogen-bond donors (Lipinski definition) is 2. The lowest BCUT2D eigenvalue weighted by molar-refractivity contribution is -0.115. The summed E-state index contributed by atoms with van der Waals surface area (Å²) in [7, 11) is 1.53. The van der Waals surface area contributed by atoms with Crippen molar-refractivity contribution < 1.29 is 9.53 Å². The largest absolute Gasteiger partial charge is 0.495 e. The quantitative estimate of drug-likeness (QED) is 0.643. The minimum atomic E-state index is -0.213. The number of halogens is 1. The molecule has 9 heteroatoms. The van der Waals surface area contributed by atoms with Crippen LogP contribution in [-0.2, 0) is 11.2 Å². The minimum Gasteiger partial charge on any atom is -0.495 e. The second kappa shape index (κ2) is 8.32. The van der Waals surface area contributed by atoms with Crippen LogP contribution in [0.25, 0.3) is 0 Å². The molecule has 2 N–H and O–H groups in total. The number of nitrogens with zero attached hydrogens (tertiary/aromatic N) is 3. The van der Waals surface area contributed by atoms with Crippen molar-refractivity contribution in [2.24, 2.45) is 0 Å². The van der Waals surface area contributed by atoms with E-state index in [1.165, 1.54) is 18.4 Å². The highest BCUT2D eigenvalue weighted by molar-refractivity contribution is 7.13. The number of thiazole rings is 1. The van der Waals surface area contributed by atoms with E-state index in [4.69, 9.17) is 16.3 Å². The van der Waals surface area contributed by atoms with Crippen molar-refractivity contribution in [1.29, 1.82) is 0 Å². The lowest BCUT2D eigenvalue weighted by Gasteiger charge is -2.10. The Morgan fingerprint density at radius 3 is 2.63 bits per heavy atom. The van der Waals surface area contributed by atoms with Crippen LogP contribution in [0.1, 0.15) is 17.1 Å². The van der Waals surface area contributed by atoms with Crippen molar-refractivity contribution >= 4 is 45.6 Å². The normalized spacial score (nSPS) is 10.5. The fraction of sp³-hybridized carbons (Fsp3) is 0.222. The molecule has 2 heterocycles. The number of anilines is 3. The van der Waals surface area contributed by atoms with Gasteiger partial charge in [0, 0.05) is 21.8 Å². The predicted octanol–water partition coefficient (Wildman–Crippen LogP) is 4.14. The summed E-state index contributed by atoms with van der Waals surface area (Å²) < 4.78 is 5.23. The van der Waals surface area contributed by atoms with Gasteiger partial charge in [-0.15, -0.1) is 11.3 Å². The highest BCUT2D eigenvalue weighted by Crippen LogP contribution is 2.28. The third-order valence-corrected chi connectivity index (χ3v) is 4.57. The molecule has 0 spiro atoms. The summed E-state index contributed by atoms with van der Waals surface area (Å²) in [5, 5.41) is 8.83. The second-order valence-electron chi connectivity index (χ2n) is 5.81. The number of ether oxygens (including phenoxy) is 1. The van der Waals surface area contributed by atoms with Crippen LogP contribution in [-0.4, -0.2) is 28.0 Å². The van der Waals surface area contributed by atoms with Gasteiger partial charge in [-0.2, -0.15) is 0 Å². The molecule has 3 aromatic rings. The zero-order valence-corrected chi connectivity index (χ0v) is 16.6. The molecular weight excluding hydrogens is 386 g/mol. The van der Waals surface area contributed by atoms with Gasteiger partial charge >= 0.3 is 0 Å². The molecule has 0 aliphatic carbocycles. The second-order valence-corrected chi connectivity index (χ2v) is 7.11. The molecule has 0 radical (unpaired) electrons. The van der Waals surface area contributed by atoms with E-state index < -0.39 is 0 Å². The van der Waals surface area contributed by atoms with Gasteiger partial charge < -0.3 is 15.4 Å². The molecule has 27 heavy (non-hydrogen) atoms. The van der Waals surface area contributed by atoms with E-state index >= 15 is 0 Å². The Kier molecular flexibility index (Phi) is 5.88. The number of aryl methyl sites for hydroxylation is 2. The van der Waals surface area contributed by atoms with Crippen molar-refractivity contribution in [3.63, 3.8) is 0 Å². The monoisotopic (exact) mass is 403 g/mol. The maximum Gasteiger partial charge on any atom is 0.230 e. The average molecular weight is 404 g/mol. The number of aromatic nitrogens is 3. The number of nitrogens with one attached hydrogen (secondary N) is 2. The number of amides is 1. The number of carbonyl (C=O) groups is 1. The van der Waals surface area contributed by atoms with Crippen LogP contribution in [0.5, 0.6) is 5.75 Å². The molecule has 7 nitrogen and oxygen atoms in total. The first-order chi connectivity index (χ1) is 12.9. The van der Waals surface area contributed by atoms with Crippen LogP contribution in [0.3, 0.4) is 0 Å². The van der Waals surface area contributed by atoms with Crippen LogP contribution in [0, 0.1) is 13.8 Å². The topological polar surface area (TPSA) is 89.0 Å². The summed E-state index contributed by atoms with van der Waals surface area (Å²) in [6, 6.07) is 6.94. The molecule has 0 saturated carbocycles. The molecular formula is C18H18ClN5O2S. The standard InChI is InChI=1S/C18H18ClN5O2S/c1-10-6-11(2)21-17(20-10)24-18-22-13(9-27-18)8-16(25)23-14-7-12(19)4-5-15(14)26-3/h4-7,9H,8H2,1-3H3,(H,23,25)(H,20,21,22,24). The third kappa shape index (κ3) is 5.15. The maximum atomic E-state index is 12.3. The van der Waals surface area contributed by atoms with Gasteiger partial charge in [0.05, 0.1) is 24.9 Å². The molecule has 3 rings (SSSR count). The van der Waals surface area contributed by atoms with Crippen molar-refractivity contribution in [2.45, 2.75) is 20.3 Å². The molecule has 0 unspecified atom stereocenters. The molecule has 0 bridgehead atoms. The van der Waals surface area contributed by atoms with Crippen LogP contribution in [0.15, 0.2) is 29.6 Å². The highest BCUT2D eigenvalue weighted by Gasteiger charge is 2.12. The summed E-state index contributed by atoms with van der Waals surface area (Å²) in [6.07, 6.45) is 0.127. The number of rotatable bonds is 6. The first-order valence-electron chi connectivity index (χ1n) is 8.10. The lowest BCUT2D eigenvalue weighted by Crippen LogP contribution is -2.15. The molecule has 140 valence electrons. The smallest absolute Gasteiger partial charge is 0.230 e. The minimum absolute atomic E-state index is 0.127. The van der Waals surface area contributed by atoms with Crippen LogP contribution >= 0.6 is 22.9 Å². The highest BCUT2D eigenvalue weighted by atomic mass is 35.5. The third-order valence-electron chi connectivity index (χ3n) is 3.53. The van der Waals surface area contributed by atoms with E-state index in [-0.39, 0.29) is 12.3 Å². The van der Waals surface area contributed by atoms with Crippen LogP contribution in [0.4, 0.5) is 16.8 Å². The van der Waals surface area contributed by atoms with Crippen molar-refractivity contribution in [2.75, 3.05) is 17.7 Å². The van der Waals surface area contributed by atoms with E-state index in [0.717, 1.165) is 11.4 Å². The average Bonchev–Trinajstić information content (AvgIpc) is 3.00. The van der Waals surface area contributed by atoms with E-state index in [9.17, 15) is 4.79 Å². The van der Waals surface area contributed by atoms with Gasteiger partial charge in [0.25, 0.3) is 0 Å². The number of hydrogen-bond acceptors (Lipinski definition) is 7. The molecule has 0 atom stereocenters. The van der Waals surface area contributed by atoms with E-state index in [0.29, 0.717) is 33.2 Å². The molecule has 1 aromatic carbocycles. The zero-order valence-electron chi connectivity index (χ0n) is 15.0. The number of methoxy groups -OCH3 is 1. The Balaban J connectivity index is 1.65. The van der Waals surface area contributed by atoms with E-state index in [1.807, 2.05) is 25.3 Å². The molecule has 0 aliphatic rings. The van der Waals surface area contributed by atoms with Gasteiger partial charge in [-0.05, 0) is 38.1 Å². The van der Waals surface area contributed by atoms with Crippen LogP contribution < -0.4 is 15.4 Å². The molecule has 0 saturated heterocycles. The Morgan fingerprint density at radius 2 is 1.93 bits per heavy atom. The SMILES string of the molecule is COc1ccc(Cl)cc1NC(=O)Cc1csc(Nc2nc(C)cc(C)n2)n1. The fourth-order valence-electron chi connectivity index (χ4n) is 2.46. The van der Waals surface area contributed by atoms with Gasteiger partial charge in [0.15, 0.2) is 5.13 Å². The predicted molar refractivity (Wildman–Crippen MR) is 107 cm³/mol. The number of carbonyl (C=O) groups excluding carboxylic acids is 1. The first-order valence-corrected chi connectivity index (χ1v) is 9.36. The van der Waals surface area contributed by atoms with Crippen molar-refractivity contribution in [3.05, 3.63) is 51.7 Å².